The standard InChI is InChI=1S/C32H23N13OS3/c1-2-11-34-24(6-1)44-29(23-10-20-48-43-23)30(31-36-18-21-47-31)49(26-9-15-40-42-26,28-8-4-19-46-28,27-22-33-16-17-35-27,32-37-12-5-13-38-32)45(44)25-7-3-14-39-41-25/h1-22H,(H,40,42). The highest BCUT2D eigenvalue weighted by atomic mass is 32.4. The Kier molecular flexibility index (Phi) is 6.32. The lowest BCUT2D eigenvalue weighted by Crippen LogP contribution is -2.57. The number of rotatable bonds is 8. The van der Waals surface area contributed by atoms with Gasteiger partial charge in [0, 0.05) is 60.3 Å². The highest BCUT2D eigenvalue weighted by Gasteiger charge is 2.86. The summed E-state index contributed by atoms with van der Waals surface area (Å²) in [5.41, 5.74) is 1.24. The van der Waals surface area contributed by atoms with Gasteiger partial charge in [0.2, 0.25) is 0 Å². The molecular weight excluding hydrogens is 679 g/mol. The van der Waals surface area contributed by atoms with Crippen molar-refractivity contribution in [2.45, 2.75) is 20.3 Å². The van der Waals surface area contributed by atoms with E-state index in [1.54, 1.807) is 68.1 Å². The Morgan fingerprint density at radius 3 is 2.33 bits per heavy atom. The summed E-state index contributed by atoms with van der Waals surface area (Å²) < 4.78 is 13.8. The second-order valence-corrected chi connectivity index (χ2v) is 17.6. The first-order valence-corrected chi connectivity index (χ1v) is 18.9. The molecule has 0 fully saturated rings. The predicted molar refractivity (Wildman–Crippen MR) is 184 cm³/mol. The molecule has 14 nitrogen and oxygen atoms in total. The van der Waals surface area contributed by atoms with E-state index in [1.165, 1.54) is 22.9 Å². The van der Waals surface area contributed by atoms with E-state index in [1.807, 2.05) is 74.8 Å². The maximum absolute atomic E-state index is 6.83. The van der Waals surface area contributed by atoms with E-state index in [4.69, 9.17) is 43.8 Å². The molecule has 0 saturated heterocycles. The Labute approximate surface area is 285 Å². The topological polar surface area (TPSA) is 164 Å². The van der Waals surface area contributed by atoms with Crippen LogP contribution in [0.2, 0.25) is 0 Å². The molecule has 9 rings (SSSR count). The lowest BCUT2D eigenvalue weighted by Gasteiger charge is -2.75. The lowest BCUT2D eigenvalue weighted by atomic mass is 10.2. The molecule has 8 aromatic rings. The molecule has 17 heteroatoms. The van der Waals surface area contributed by atoms with Gasteiger partial charge in [-0.15, -0.1) is 16.4 Å². The minimum absolute atomic E-state index is 0.309. The normalized spacial score (nSPS) is 17.6. The van der Waals surface area contributed by atoms with Gasteiger partial charge in [-0.2, -0.15) is 14.6 Å². The summed E-state index contributed by atoms with van der Waals surface area (Å²) >= 11 is 2.77. The third-order valence-electron chi connectivity index (χ3n) is 8.51. The highest BCUT2D eigenvalue weighted by Crippen LogP contribution is 3.13. The van der Waals surface area contributed by atoms with Crippen molar-refractivity contribution in [3.63, 3.8) is 0 Å². The maximum Gasteiger partial charge on any atom is 0.193 e. The van der Waals surface area contributed by atoms with Crippen LogP contribution >= 0.6 is 31.3 Å². The number of nitrogens with zero attached hydrogens (tertiary/aromatic N) is 12. The second kappa shape index (κ2) is 10.7. The summed E-state index contributed by atoms with van der Waals surface area (Å²) in [5, 5.41) is 25.4. The van der Waals surface area contributed by atoms with Crippen LogP contribution in [-0.4, -0.2) is 54.7 Å². The van der Waals surface area contributed by atoms with Gasteiger partial charge >= 0.3 is 0 Å². The Hall–Kier alpha value is -6.17. The number of furan rings is 1. The molecule has 1 aliphatic rings. The molecule has 0 aliphatic carbocycles. The minimum Gasteiger partial charge on any atom is -0.458 e. The zero-order valence-corrected chi connectivity index (χ0v) is 27.7. The first kappa shape index (κ1) is 29.0. The summed E-state index contributed by atoms with van der Waals surface area (Å²) in [4.78, 5) is 31.0. The van der Waals surface area contributed by atoms with Crippen molar-refractivity contribution in [2.75, 3.05) is 9.42 Å². The lowest BCUT2D eigenvalue weighted by molar-refractivity contribution is 0.460. The van der Waals surface area contributed by atoms with Crippen LogP contribution in [0.25, 0.3) is 10.6 Å². The molecule has 8 aromatic heterocycles. The van der Waals surface area contributed by atoms with Crippen molar-refractivity contribution in [1.29, 1.82) is 0 Å². The largest absolute Gasteiger partial charge is 0.458 e. The van der Waals surface area contributed by atoms with Crippen molar-refractivity contribution in [2.24, 2.45) is 0 Å². The van der Waals surface area contributed by atoms with E-state index in [-0.39, 0.29) is 0 Å². The maximum atomic E-state index is 6.83. The third-order valence-corrected chi connectivity index (χ3v) is 17.4. The number of H-pyrrole nitrogens is 1. The number of thiazole rings is 1. The molecule has 0 unspecified atom stereocenters. The first-order valence-electron chi connectivity index (χ1n) is 14.7. The van der Waals surface area contributed by atoms with Crippen LogP contribution in [0.3, 0.4) is 0 Å². The zero-order chi connectivity index (χ0) is 32.8. The van der Waals surface area contributed by atoms with Gasteiger partial charge in [0.05, 0.1) is 22.4 Å². The van der Waals surface area contributed by atoms with Gasteiger partial charge < -0.3 is 4.42 Å². The van der Waals surface area contributed by atoms with E-state index < -0.39 is 8.48 Å². The molecule has 0 spiro atoms. The van der Waals surface area contributed by atoms with Gasteiger partial charge in [0.1, 0.15) is 21.4 Å². The van der Waals surface area contributed by atoms with E-state index >= 15 is 0 Å². The summed E-state index contributed by atoms with van der Waals surface area (Å²) in [5.74, 6) is 0.914. The fourth-order valence-corrected chi connectivity index (χ4v) is 16.5. The van der Waals surface area contributed by atoms with Crippen LogP contribution in [0.4, 0.5) is 11.6 Å². The van der Waals surface area contributed by atoms with Crippen molar-refractivity contribution in [1.82, 2.24) is 54.7 Å². The van der Waals surface area contributed by atoms with Crippen LogP contribution in [0.15, 0.2) is 158 Å². The molecule has 0 aromatic carbocycles. The molecule has 0 bridgehead atoms. The van der Waals surface area contributed by atoms with Crippen molar-refractivity contribution in [3.05, 3.63) is 144 Å². The van der Waals surface area contributed by atoms with Crippen molar-refractivity contribution in [3.8, 4) is 0 Å². The number of nitrogens with one attached hydrogen (secondary N) is 1. The Morgan fingerprint density at radius 1 is 0.735 bits per heavy atom. The summed E-state index contributed by atoms with van der Waals surface area (Å²) in [6, 6.07) is 18.7. The Balaban J connectivity index is 1.74. The number of hydrazine groups is 1. The predicted octanol–water partition coefficient (Wildman–Crippen LogP) is 6.48. The zero-order valence-electron chi connectivity index (χ0n) is 25.2. The SMILES string of the molecule is c1ccc(N2C(c3ccsn3)=C(c3nccs3)S(c3cnccn3)(c3ncccn3)(c3ccn[nH]3)(c3ccco3)N2c2cccnn2)nc1. The van der Waals surface area contributed by atoms with Crippen molar-refractivity contribution < 1.29 is 4.42 Å². The van der Waals surface area contributed by atoms with Gasteiger partial charge in [0.25, 0.3) is 0 Å². The molecule has 49 heavy (non-hydrogen) atoms. The van der Waals surface area contributed by atoms with Gasteiger partial charge in [0.15, 0.2) is 21.9 Å². The van der Waals surface area contributed by atoms with E-state index in [0.717, 1.165) is 0 Å². The summed E-state index contributed by atoms with van der Waals surface area (Å²) in [6.07, 6.45) is 16.8. The number of hydrogen-bond donors (Lipinski definition) is 1. The van der Waals surface area contributed by atoms with E-state index in [9.17, 15) is 0 Å². The van der Waals surface area contributed by atoms with Gasteiger partial charge in [-0.1, -0.05) is 6.07 Å². The molecule has 1 aliphatic heterocycles. The number of pyridine rings is 1. The number of aromatic amines is 1. The molecule has 0 amide bonds. The Bertz CT molecular complexity index is 2300. The highest BCUT2D eigenvalue weighted by molar-refractivity contribution is 8.71. The summed E-state index contributed by atoms with van der Waals surface area (Å²) in [6.45, 7) is 0. The molecule has 0 atom stereocenters. The fraction of sp³-hybridized carbons (Fsp3) is 0. The van der Waals surface area contributed by atoms with Crippen LogP contribution in [0.5, 0.6) is 0 Å². The van der Waals surface area contributed by atoms with Crippen LogP contribution < -0.4 is 9.42 Å². The minimum atomic E-state index is -5.66. The number of hydrogen-bond acceptors (Lipinski definition) is 15. The third kappa shape index (κ3) is 3.30. The molecular formula is C32H23N13OS3. The van der Waals surface area contributed by atoms with E-state index in [2.05, 4.69) is 15.3 Å². The first-order chi connectivity index (χ1) is 24.3. The smallest absolute Gasteiger partial charge is 0.193 e. The number of aromatic nitrogens is 11. The quantitative estimate of drug-likeness (QED) is 0.171. The van der Waals surface area contributed by atoms with Gasteiger partial charge in [-0.05, 0) is 74.6 Å². The molecule has 0 saturated carbocycles. The summed E-state index contributed by atoms with van der Waals surface area (Å²) in [7, 11) is -5.66. The molecule has 9 heterocycles. The van der Waals surface area contributed by atoms with E-state index in [0.29, 0.717) is 53.2 Å². The van der Waals surface area contributed by atoms with Crippen LogP contribution in [0.1, 0.15) is 10.7 Å². The van der Waals surface area contributed by atoms with Crippen LogP contribution in [-0.2, 0) is 0 Å². The molecule has 1 N–H and O–H groups in total. The Morgan fingerprint density at radius 2 is 1.65 bits per heavy atom. The molecule has 0 radical (unpaired) electrons. The average Bonchev–Trinajstić information content (AvgIpc) is 4.02. The fourth-order valence-electron chi connectivity index (χ4n) is 6.86. The van der Waals surface area contributed by atoms with Crippen LogP contribution in [0, 0.1) is 0 Å². The number of anilines is 2. The second-order valence-electron chi connectivity index (χ2n) is 10.7. The van der Waals surface area contributed by atoms with Gasteiger partial charge in [-0.25, -0.2) is 34.3 Å². The molecule has 240 valence electrons. The van der Waals surface area contributed by atoms with Gasteiger partial charge in [-0.3, -0.25) is 10.1 Å². The monoisotopic (exact) mass is 701 g/mol. The van der Waals surface area contributed by atoms with Crippen molar-refractivity contribution >= 4 is 53.6 Å². The average molecular weight is 702 g/mol.